The third-order valence-electron chi connectivity index (χ3n) is 3.49. The smallest absolute Gasteiger partial charge is 0.125 e. The van der Waals surface area contributed by atoms with Crippen molar-refractivity contribution < 1.29 is 9.50 Å². The maximum Gasteiger partial charge on any atom is 0.125 e. The quantitative estimate of drug-likeness (QED) is 0.804. The predicted octanol–water partition coefficient (Wildman–Crippen LogP) is 2.79. The molecule has 1 aromatic rings. The minimum Gasteiger partial charge on any atom is -0.394 e. The highest BCUT2D eigenvalue weighted by Crippen LogP contribution is 2.43. The predicted molar refractivity (Wildman–Crippen MR) is 62.9 cm³/mol. The third-order valence-corrected chi connectivity index (χ3v) is 3.49. The number of hydrogen-bond acceptors (Lipinski definition) is 2. The van der Waals surface area contributed by atoms with Crippen molar-refractivity contribution in [1.82, 2.24) is 0 Å². The molecule has 1 unspecified atom stereocenters. The second-order valence-electron chi connectivity index (χ2n) is 4.58. The summed E-state index contributed by atoms with van der Waals surface area (Å²) in [7, 11) is 0. The van der Waals surface area contributed by atoms with E-state index < -0.39 is 0 Å². The van der Waals surface area contributed by atoms with Gasteiger partial charge in [-0.25, -0.2) is 4.39 Å². The van der Waals surface area contributed by atoms with Crippen LogP contribution in [0.4, 0.5) is 10.1 Å². The standard InChI is InChI=1S/C13H18FNO/c1-2-13(9-16,10-6-7-10)15-12-5-3-4-11(14)8-12/h3-5,8,10,15-16H,2,6-7,9H2,1H3. The van der Waals surface area contributed by atoms with Gasteiger partial charge in [0.1, 0.15) is 5.82 Å². The number of halogens is 1. The SMILES string of the molecule is CCC(CO)(Nc1cccc(F)c1)C1CC1. The summed E-state index contributed by atoms with van der Waals surface area (Å²) in [6, 6.07) is 6.42. The van der Waals surface area contributed by atoms with Crippen molar-refractivity contribution in [2.75, 3.05) is 11.9 Å². The van der Waals surface area contributed by atoms with Crippen molar-refractivity contribution in [1.29, 1.82) is 0 Å². The lowest BCUT2D eigenvalue weighted by molar-refractivity contribution is 0.188. The molecular weight excluding hydrogens is 205 g/mol. The first kappa shape index (κ1) is 11.4. The topological polar surface area (TPSA) is 32.3 Å². The van der Waals surface area contributed by atoms with Crippen molar-refractivity contribution in [3.63, 3.8) is 0 Å². The van der Waals surface area contributed by atoms with Crippen LogP contribution in [-0.4, -0.2) is 17.3 Å². The molecule has 0 amide bonds. The van der Waals surface area contributed by atoms with Crippen LogP contribution < -0.4 is 5.32 Å². The molecule has 1 aliphatic rings. The number of nitrogens with one attached hydrogen (secondary N) is 1. The van der Waals surface area contributed by atoms with Crippen molar-refractivity contribution in [3.8, 4) is 0 Å². The second-order valence-corrected chi connectivity index (χ2v) is 4.58. The molecular formula is C13H18FNO. The average Bonchev–Trinajstić information content (AvgIpc) is 3.10. The fourth-order valence-electron chi connectivity index (χ4n) is 2.25. The fraction of sp³-hybridized carbons (Fsp3) is 0.538. The first-order chi connectivity index (χ1) is 7.70. The molecule has 2 nitrogen and oxygen atoms in total. The third kappa shape index (κ3) is 2.19. The monoisotopic (exact) mass is 223 g/mol. The van der Waals surface area contributed by atoms with E-state index in [1.165, 1.54) is 12.1 Å². The van der Waals surface area contributed by atoms with Gasteiger partial charge >= 0.3 is 0 Å². The molecule has 88 valence electrons. The molecule has 0 bridgehead atoms. The number of rotatable bonds is 5. The van der Waals surface area contributed by atoms with Crippen LogP contribution in [0.3, 0.4) is 0 Å². The lowest BCUT2D eigenvalue weighted by Crippen LogP contribution is -2.43. The lowest BCUT2D eigenvalue weighted by atomic mass is 9.90. The van der Waals surface area contributed by atoms with Crippen LogP contribution in [0.2, 0.25) is 0 Å². The van der Waals surface area contributed by atoms with Gasteiger partial charge in [-0.15, -0.1) is 0 Å². The van der Waals surface area contributed by atoms with E-state index >= 15 is 0 Å². The summed E-state index contributed by atoms with van der Waals surface area (Å²) in [6.45, 7) is 2.16. The summed E-state index contributed by atoms with van der Waals surface area (Å²) in [6.07, 6.45) is 3.15. The van der Waals surface area contributed by atoms with Crippen LogP contribution in [0.5, 0.6) is 0 Å². The van der Waals surface area contributed by atoms with Gasteiger partial charge < -0.3 is 10.4 Å². The lowest BCUT2D eigenvalue weighted by Gasteiger charge is -2.33. The second kappa shape index (κ2) is 4.42. The van der Waals surface area contributed by atoms with E-state index in [9.17, 15) is 9.50 Å². The summed E-state index contributed by atoms with van der Waals surface area (Å²) in [5, 5.41) is 12.9. The van der Waals surface area contributed by atoms with Gasteiger partial charge in [-0.3, -0.25) is 0 Å². The highest BCUT2D eigenvalue weighted by Gasteiger charge is 2.43. The molecule has 1 aliphatic carbocycles. The summed E-state index contributed by atoms with van der Waals surface area (Å²) in [5.74, 6) is 0.273. The Labute approximate surface area is 95.5 Å². The van der Waals surface area contributed by atoms with Crippen molar-refractivity contribution in [3.05, 3.63) is 30.1 Å². The maximum absolute atomic E-state index is 13.1. The Morgan fingerprint density at radius 3 is 2.75 bits per heavy atom. The molecule has 2 rings (SSSR count). The molecule has 1 saturated carbocycles. The molecule has 1 atom stereocenters. The van der Waals surface area contributed by atoms with Gasteiger partial charge in [-0.05, 0) is 43.4 Å². The molecule has 1 fully saturated rings. The zero-order chi connectivity index (χ0) is 11.6. The summed E-state index contributed by atoms with van der Waals surface area (Å²) in [4.78, 5) is 0. The summed E-state index contributed by atoms with van der Waals surface area (Å²) in [5.41, 5.74) is 0.483. The molecule has 0 heterocycles. The van der Waals surface area contributed by atoms with Gasteiger partial charge in [0.2, 0.25) is 0 Å². The van der Waals surface area contributed by atoms with Crippen LogP contribution in [0, 0.1) is 11.7 Å². The van der Waals surface area contributed by atoms with Gasteiger partial charge in [0, 0.05) is 5.69 Å². The van der Waals surface area contributed by atoms with E-state index in [-0.39, 0.29) is 18.0 Å². The fourth-order valence-corrected chi connectivity index (χ4v) is 2.25. The molecule has 0 radical (unpaired) electrons. The molecule has 0 aromatic heterocycles. The zero-order valence-electron chi connectivity index (χ0n) is 9.54. The Morgan fingerprint density at radius 2 is 2.25 bits per heavy atom. The van der Waals surface area contributed by atoms with Gasteiger partial charge in [-0.1, -0.05) is 13.0 Å². The van der Waals surface area contributed by atoms with Crippen molar-refractivity contribution >= 4 is 5.69 Å². The van der Waals surface area contributed by atoms with Crippen LogP contribution in [0.15, 0.2) is 24.3 Å². The highest BCUT2D eigenvalue weighted by molar-refractivity contribution is 5.46. The molecule has 0 saturated heterocycles. The number of benzene rings is 1. The zero-order valence-corrected chi connectivity index (χ0v) is 9.54. The number of hydrogen-bond donors (Lipinski definition) is 2. The Balaban J connectivity index is 2.16. The van der Waals surface area contributed by atoms with E-state index in [2.05, 4.69) is 12.2 Å². The highest BCUT2D eigenvalue weighted by atomic mass is 19.1. The average molecular weight is 223 g/mol. The van der Waals surface area contributed by atoms with E-state index in [1.807, 2.05) is 6.07 Å². The van der Waals surface area contributed by atoms with Gasteiger partial charge in [-0.2, -0.15) is 0 Å². The molecule has 0 spiro atoms. The number of aliphatic hydroxyl groups excluding tert-OH is 1. The van der Waals surface area contributed by atoms with E-state index in [0.717, 1.165) is 24.9 Å². The van der Waals surface area contributed by atoms with E-state index in [4.69, 9.17) is 0 Å². The van der Waals surface area contributed by atoms with Crippen LogP contribution >= 0.6 is 0 Å². The van der Waals surface area contributed by atoms with Crippen molar-refractivity contribution in [2.24, 2.45) is 5.92 Å². The molecule has 2 N–H and O–H groups in total. The molecule has 0 aliphatic heterocycles. The summed E-state index contributed by atoms with van der Waals surface area (Å²) < 4.78 is 13.1. The first-order valence-corrected chi connectivity index (χ1v) is 5.85. The Bertz CT molecular complexity index is 359. The van der Waals surface area contributed by atoms with Gasteiger partial charge in [0.15, 0.2) is 0 Å². The number of anilines is 1. The maximum atomic E-state index is 13.1. The van der Waals surface area contributed by atoms with E-state index in [1.54, 1.807) is 6.07 Å². The molecule has 1 aromatic carbocycles. The normalized spacial score (nSPS) is 19.2. The van der Waals surface area contributed by atoms with Crippen LogP contribution in [0.25, 0.3) is 0 Å². The largest absolute Gasteiger partial charge is 0.394 e. The van der Waals surface area contributed by atoms with Crippen LogP contribution in [0.1, 0.15) is 26.2 Å². The Morgan fingerprint density at radius 1 is 1.50 bits per heavy atom. The molecule has 3 heteroatoms. The summed E-state index contributed by atoms with van der Waals surface area (Å²) >= 11 is 0. The van der Waals surface area contributed by atoms with Gasteiger partial charge in [0.05, 0.1) is 12.1 Å². The van der Waals surface area contributed by atoms with Crippen molar-refractivity contribution in [2.45, 2.75) is 31.7 Å². The minimum absolute atomic E-state index is 0.102. The first-order valence-electron chi connectivity index (χ1n) is 5.85. The van der Waals surface area contributed by atoms with Crippen LogP contribution in [-0.2, 0) is 0 Å². The number of aliphatic hydroxyl groups is 1. The Hall–Kier alpha value is -1.09. The van der Waals surface area contributed by atoms with E-state index in [0.29, 0.717) is 5.92 Å². The van der Waals surface area contributed by atoms with Gasteiger partial charge in [0.25, 0.3) is 0 Å². The Kier molecular flexibility index (Phi) is 3.15. The molecule has 16 heavy (non-hydrogen) atoms. The minimum atomic E-state index is -0.270.